The molecular weight excluding hydrogens is 215 g/mol. The average Bonchev–Trinajstić information content (AvgIpc) is 2.45. The summed E-state index contributed by atoms with van der Waals surface area (Å²) < 4.78 is 15.7. The van der Waals surface area contributed by atoms with Crippen LogP contribution < -0.4 is 4.78 Å². The van der Waals surface area contributed by atoms with Gasteiger partial charge < -0.3 is 4.55 Å². The van der Waals surface area contributed by atoms with E-state index in [0.717, 1.165) is 0 Å². The van der Waals surface area contributed by atoms with E-state index in [-0.39, 0.29) is 4.75 Å². The summed E-state index contributed by atoms with van der Waals surface area (Å²) in [7, 11) is 5.60. The summed E-state index contributed by atoms with van der Waals surface area (Å²) in [6, 6.07) is 0. The molecule has 6 heteroatoms. The molecule has 0 fully saturated rings. The van der Waals surface area contributed by atoms with Gasteiger partial charge >= 0.3 is 0 Å². The van der Waals surface area contributed by atoms with Gasteiger partial charge in [0.1, 0.15) is 30.2 Å². The van der Waals surface area contributed by atoms with Crippen LogP contribution in [0, 0.1) is 0 Å². The maximum atomic E-state index is 11.5. The van der Waals surface area contributed by atoms with Crippen LogP contribution in [0.25, 0.3) is 0 Å². The highest BCUT2D eigenvalue weighted by Crippen LogP contribution is 2.16. The van der Waals surface area contributed by atoms with Crippen LogP contribution in [-0.4, -0.2) is 28.3 Å². The zero-order valence-corrected chi connectivity index (χ0v) is 9.98. The second-order valence-corrected chi connectivity index (χ2v) is 6.52. The Labute approximate surface area is 92.4 Å². The van der Waals surface area contributed by atoms with Crippen LogP contribution in [0.15, 0.2) is 9.91 Å². The van der Waals surface area contributed by atoms with Crippen LogP contribution >= 0.6 is 11.3 Å². The van der Waals surface area contributed by atoms with Crippen molar-refractivity contribution < 1.29 is 4.55 Å². The Kier molecular flexibility index (Phi) is 3.75. The third kappa shape index (κ3) is 3.11. The van der Waals surface area contributed by atoms with Crippen molar-refractivity contribution in [3.63, 3.8) is 0 Å². The molecule has 1 atom stereocenters. The number of aromatic nitrogens is 1. The van der Waals surface area contributed by atoms with Crippen molar-refractivity contribution in [1.29, 1.82) is 0 Å². The molecule has 0 aliphatic carbocycles. The van der Waals surface area contributed by atoms with Gasteiger partial charge in [0.2, 0.25) is 0 Å². The van der Waals surface area contributed by atoms with E-state index in [9.17, 15) is 4.55 Å². The fourth-order valence-corrected chi connectivity index (χ4v) is 1.63. The highest BCUT2D eigenvalue weighted by atomic mass is 32.2. The normalized spacial score (nSPS) is 14.9. The predicted molar refractivity (Wildman–Crippen MR) is 63.0 cm³/mol. The van der Waals surface area contributed by atoms with Gasteiger partial charge in [0.15, 0.2) is 0 Å². The summed E-state index contributed by atoms with van der Waals surface area (Å²) >= 11 is 0.0883. The first-order chi connectivity index (χ1) is 6.41. The molecule has 0 spiro atoms. The lowest BCUT2D eigenvalue weighted by molar-refractivity contribution is 0.562. The molecule has 1 aromatic heterocycles. The molecule has 1 aromatic rings. The van der Waals surface area contributed by atoms with E-state index in [1.165, 1.54) is 17.6 Å². The zero-order chi connectivity index (χ0) is 10.8. The second-order valence-electron chi connectivity index (χ2n) is 3.70. The van der Waals surface area contributed by atoms with Crippen LogP contribution in [0.2, 0.25) is 0 Å². The molecule has 2 radical (unpaired) electrons. The SMILES string of the molecule is [B]c1scnc1C=N[S+]([O-])C(C)(C)C. The zero-order valence-electron chi connectivity index (χ0n) is 8.35. The van der Waals surface area contributed by atoms with E-state index >= 15 is 0 Å². The van der Waals surface area contributed by atoms with Crippen molar-refractivity contribution in [2.24, 2.45) is 4.40 Å². The molecule has 0 bridgehead atoms. The molecular formula is C8H11BN2OS2. The van der Waals surface area contributed by atoms with Crippen molar-refractivity contribution in [1.82, 2.24) is 4.98 Å². The molecule has 0 amide bonds. The molecule has 1 unspecified atom stereocenters. The Morgan fingerprint density at radius 2 is 2.29 bits per heavy atom. The standard InChI is InChI=1S/C8H11BN2OS2/c1-8(2,3)14(12)11-4-6-7(9)13-5-10-6/h4-5H,1-3H3. The number of hydrogen-bond donors (Lipinski definition) is 0. The molecule has 1 rings (SSSR count). The first kappa shape index (κ1) is 11.7. The monoisotopic (exact) mass is 226 g/mol. The fraction of sp³-hybridized carbons (Fsp3) is 0.500. The topological polar surface area (TPSA) is 48.3 Å². The van der Waals surface area contributed by atoms with Crippen LogP contribution in [0.4, 0.5) is 0 Å². The third-order valence-corrected chi connectivity index (χ3v) is 3.44. The smallest absolute Gasteiger partial charge is 0.144 e. The van der Waals surface area contributed by atoms with E-state index in [0.29, 0.717) is 10.5 Å². The lowest BCUT2D eigenvalue weighted by Crippen LogP contribution is -2.26. The summed E-state index contributed by atoms with van der Waals surface area (Å²) in [5.74, 6) is 0. The quantitative estimate of drug-likeness (QED) is 0.425. The van der Waals surface area contributed by atoms with Crippen molar-refractivity contribution in [3.8, 4) is 0 Å². The summed E-state index contributed by atoms with van der Waals surface area (Å²) in [6.07, 6.45) is 1.47. The largest absolute Gasteiger partial charge is 0.591 e. The lowest BCUT2D eigenvalue weighted by atomic mass is 10.1. The molecule has 0 saturated carbocycles. The van der Waals surface area contributed by atoms with Crippen LogP contribution in [0.1, 0.15) is 26.5 Å². The molecule has 0 aliphatic rings. The Bertz CT molecular complexity index is 332. The summed E-state index contributed by atoms with van der Waals surface area (Å²) in [6.45, 7) is 5.60. The van der Waals surface area contributed by atoms with E-state index in [4.69, 9.17) is 7.85 Å². The van der Waals surface area contributed by atoms with Gasteiger partial charge in [-0.05, 0) is 25.5 Å². The summed E-state index contributed by atoms with van der Waals surface area (Å²) in [5, 5.41) is 0. The molecule has 0 saturated heterocycles. The second kappa shape index (κ2) is 4.46. The minimum Gasteiger partial charge on any atom is -0.591 e. The Morgan fingerprint density at radius 1 is 1.64 bits per heavy atom. The van der Waals surface area contributed by atoms with E-state index in [1.54, 1.807) is 5.51 Å². The van der Waals surface area contributed by atoms with Crippen LogP contribution in [0.3, 0.4) is 0 Å². The Hall–Kier alpha value is -0.325. The van der Waals surface area contributed by atoms with Gasteiger partial charge in [-0.25, -0.2) is 4.98 Å². The molecule has 1 heterocycles. The average molecular weight is 226 g/mol. The molecule has 0 N–H and O–H groups in total. The van der Waals surface area contributed by atoms with Gasteiger partial charge in [-0.15, -0.1) is 11.3 Å². The molecule has 14 heavy (non-hydrogen) atoms. The van der Waals surface area contributed by atoms with Crippen molar-refractivity contribution in [3.05, 3.63) is 11.2 Å². The van der Waals surface area contributed by atoms with Gasteiger partial charge in [0.05, 0.1) is 11.2 Å². The summed E-state index contributed by atoms with van der Waals surface area (Å²) in [5.41, 5.74) is 2.23. The molecule has 0 aromatic carbocycles. The maximum Gasteiger partial charge on any atom is 0.144 e. The molecule has 74 valence electrons. The van der Waals surface area contributed by atoms with Crippen molar-refractivity contribution in [2.75, 3.05) is 0 Å². The lowest BCUT2D eigenvalue weighted by Gasteiger charge is -2.17. The fourth-order valence-electron chi connectivity index (χ4n) is 0.617. The number of thiazole rings is 1. The van der Waals surface area contributed by atoms with E-state index in [2.05, 4.69) is 9.38 Å². The Morgan fingerprint density at radius 3 is 2.71 bits per heavy atom. The predicted octanol–water partition coefficient (Wildman–Crippen LogP) is 0.818. The minimum atomic E-state index is -1.25. The minimum absolute atomic E-state index is 0.346. The van der Waals surface area contributed by atoms with Crippen molar-refractivity contribution >= 4 is 41.5 Å². The van der Waals surface area contributed by atoms with Crippen LogP contribution in [-0.2, 0) is 11.4 Å². The number of hydrogen-bond acceptors (Lipinski definition) is 4. The van der Waals surface area contributed by atoms with E-state index < -0.39 is 11.4 Å². The van der Waals surface area contributed by atoms with E-state index in [1.807, 2.05) is 20.8 Å². The van der Waals surface area contributed by atoms with Gasteiger partial charge in [-0.1, -0.05) is 4.40 Å². The Balaban J connectivity index is 2.70. The highest BCUT2D eigenvalue weighted by Gasteiger charge is 2.25. The maximum absolute atomic E-state index is 11.5. The number of nitrogens with zero attached hydrogens (tertiary/aromatic N) is 2. The van der Waals surface area contributed by atoms with Gasteiger partial charge in [-0.2, -0.15) is 0 Å². The van der Waals surface area contributed by atoms with Gasteiger partial charge in [-0.3, -0.25) is 0 Å². The third-order valence-electron chi connectivity index (χ3n) is 1.42. The van der Waals surface area contributed by atoms with Gasteiger partial charge in [0, 0.05) is 0 Å². The first-order valence-corrected chi connectivity index (χ1v) is 6.05. The van der Waals surface area contributed by atoms with Crippen LogP contribution in [0.5, 0.6) is 0 Å². The summed E-state index contributed by atoms with van der Waals surface area (Å²) in [4.78, 5) is 3.98. The first-order valence-electron chi connectivity index (χ1n) is 4.06. The van der Waals surface area contributed by atoms with Crippen molar-refractivity contribution in [2.45, 2.75) is 25.5 Å². The molecule has 3 nitrogen and oxygen atoms in total. The number of rotatable bonds is 2. The highest BCUT2D eigenvalue weighted by molar-refractivity contribution is 7.91. The molecule has 0 aliphatic heterocycles. The van der Waals surface area contributed by atoms with Gasteiger partial charge in [0.25, 0.3) is 0 Å².